The molecule has 1 aromatic carbocycles. The monoisotopic (exact) mass is 319 g/mol. The molecule has 1 aliphatic heterocycles. The Hall–Kier alpha value is -2.08. The van der Waals surface area contributed by atoms with E-state index in [4.69, 9.17) is 9.47 Å². The van der Waals surface area contributed by atoms with Crippen LogP contribution in [0.5, 0.6) is 11.5 Å². The SMILES string of the molecule is CC(C)(C)c1nc(Cc2ccc3c(c2)OCO3)c(C(=O)O)s1. The molecule has 0 saturated carbocycles. The minimum atomic E-state index is -0.927. The predicted octanol–water partition coefficient (Wildman–Crippen LogP) is 3.46. The van der Waals surface area contributed by atoms with Crippen LogP contribution in [0.2, 0.25) is 0 Å². The molecule has 0 fully saturated rings. The maximum Gasteiger partial charge on any atom is 0.347 e. The molecule has 0 saturated heterocycles. The molecule has 1 aromatic heterocycles. The average Bonchev–Trinajstić information content (AvgIpc) is 3.03. The fraction of sp³-hybridized carbons (Fsp3) is 0.375. The van der Waals surface area contributed by atoms with Gasteiger partial charge in [0.15, 0.2) is 11.5 Å². The number of thiazole rings is 1. The Morgan fingerprint density at radius 1 is 1.32 bits per heavy atom. The summed E-state index contributed by atoms with van der Waals surface area (Å²) in [6.45, 7) is 6.31. The normalized spacial score (nSPS) is 13.4. The van der Waals surface area contributed by atoms with E-state index in [1.807, 2.05) is 39.0 Å². The standard InChI is InChI=1S/C16H17NO4S/c1-16(2,3)15-17-10(13(22-15)14(18)19)6-9-4-5-11-12(7-9)21-8-20-11/h4-5,7H,6,8H2,1-3H3,(H,18,19). The van der Waals surface area contributed by atoms with E-state index in [9.17, 15) is 9.90 Å². The van der Waals surface area contributed by atoms with Gasteiger partial charge in [-0.25, -0.2) is 9.78 Å². The van der Waals surface area contributed by atoms with Gasteiger partial charge in [-0.1, -0.05) is 26.8 Å². The fourth-order valence-corrected chi connectivity index (χ4v) is 3.18. The van der Waals surface area contributed by atoms with Gasteiger partial charge >= 0.3 is 5.97 Å². The van der Waals surface area contributed by atoms with Gasteiger partial charge in [0.2, 0.25) is 6.79 Å². The summed E-state index contributed by atoms with van der Waals surface area (Å²) in [7, 11) is 0. The van der Waals surface area contributed by atoms with Gasteiger partial charge in [-0.3, -0.25) is 0 Å². The number of carboxylic acids is 1. The van der Waals surface area contributed by atoms with E-state index < -0.39 is 5.97 Å². The lowest BCUT2D eigenvalue weighted by Gasteiger charge is -2.13. The summed E-state index contributed by atoms with van der Waals surface area (Å²) < 4.78 is 10.6. The molecule has 2 heterocycles. The van der Waals surface area contributed by atoms with Gasteiger partial charge in [-0.2, -0.15) is 0 Å². The van der Waals surface area contributed by atoms with Crippen LogP contribution < -0.4 is 9.47 Å². The van der Waals surface area contributed by atoms with E-state index in [2.05, 4.69) is 4.98 Å². The molecule has 0 amide bonds. The molecule has 1 N–H and O–H groups in total. The number of hydrogen-bond donors (Lipinski definition) is 1. The summed E-state index contributed by atoms with van der Waals surface area (Å²) >= 11 is 1.25. The highest BCUT2D eigenvalue weighted by Gasteiger charge is 2.25. The van der Waals surface area contributed by atoms with Crippen molar-refractivity contribution in [3.05, 3.63) is 39.3 Å². The third-order valence-corrected chi connectivity index (χ3v) is 4.85. The van der Waals surface area contributed by atoms with Crippen LogP contribution in [0.1, 0.15) is 46.7 Å². The van der Waals surface area contributed by atoms with Gasteiger partial charge in [0.05, 0.1) is 10.7 Å². The zero-order valence-electron chi connectivity index (χ0n) is 12.7. The predicted molar refractivity (Wildman–Crippen MR) is 83.1 cm³/mol. The fourth-order valence-electron chi connectivity index (χ4n) is 2.20. The largest absolute Gasteiger partial charge is 0.477 e. The first-order valence-corrected chi connectivity index (χ1v) is 7.78. The van der Waals surface area contributed by atoms with Crippen molar-refractivity contribution in [3.63, 3.8) is 0 Å². The Bertz CT molecular complexity index is 730. The first-order valence-electron chi connectivity index (χ1n) is 6.96. The van der Waals surface area contributed by atoms with Crippen molar-refractivity contribution in [2.75, 3.05) is 6.79 Å². The Labute approximate surface area is 132 Å². The topological polar surface area (TPSA) is 68.7 Å². The Kier molecular flexibility index (Phi) is 3.56. The van der Waals surface area contributed by atoms with Crippen LogP contribution in [0.15, 0.2) is 18.2 Å². The Morgan fingerprint density at radius 2 is 2.05 bits per heavy atom. The van der Waals surface area contributed by atoms with Crippen LogP contribution in [0.25, 0.3) is 0 Å². The lowest BCUT2D eigenvalue weighted by molar-refractivity contribution is 0.0701. The van der Waals surface area contributed by atoms with E-state index in [1.165, 1.54) is 11.3 Å². The summed E-state index contributed by atoms with van der Waals surface area (Å²) in [4.78, 5) is 16.3. The maximum atomic E-state index is 11.5. The molecule has 2 aromatic rings. The van der Waals surface area contributed by atoms with Gasteiger partial charge in [0.25, 0.3) is 0 Å². The number of rotatable bonds is 3. The van der Waals surface area contributed by atoms with E-state index >= 15 is 0 Å². The van der Waals surface area contributed by atoms with E-state index in [-0.39, 0.29) is 12.2 Å². The lowest BCUT2D eigenvalue weighted by Crippen LogP contribution is -2.10. The number of aromatic carboxylic acids is 1. The minimum Gasteiger partial charge on any atom is -0.477 e. The number of nitrogens with zero attached hydrogens (tertiary/aromatic N) is 1. The maximum absolute atomic E-state index is 11.5. The van der Waals surface area contributed by atoms with Crippen molar-refractivity contribution in [1.29, 1.82) is 0 Å². The van der Waals surface area contributed by atoms with Gasteiger partial charge in [-0.15, -0.1) is 11.3 Å². The number of carbonyl (C=O) groups is 1. The highest BCUT2D eigenvalue weighted by atomic mass is 32.1. The van der Waals surface area contributed by atoms with Gasteiger partial charge in [-0.05, 0) is 17.7 Å². The first kappa shape index (κ1) is 14.8. The average molecular weight is 319 g/mol. The molecule has 0 atom stereocenters. The smallest absolute Gasteiger partial charge is 0.347 e. The van der Waals surface area contributed by atoms with E-state index in [0.717, 1.165) is 16.3 Å². The van der Waals surface area contributed by atoms with Crippen LogP contribution >= 0.6 is 11.3 Å². The number of ether oxygens (including phenoxy) is 2. The molecule has 0 aliphatic carbocycles. The van der Waals surface area contributed by atoms with Crippen LogP contribution in [0, 0.1) is 0 Å². The van der Waals surface area contributed by atoms with Gasteiger partial charge in [0.1, 0.15) is 4.88 Å². The molecular formula is C16H17NO4S. The molecule has 0 unspecified atom stereocenters. The van der Waals surface area contributed by atoms with Gasteiger partial charge < -0.3 is 14.6 Å². The van der Waals surface area contributed by atoms with Crippen LogP contribution in [-0.2, 0) is 11.8 Å². The summed E-state index contributed by atoms with van der Waals surface area (Å²) in [5.41, 5.74) is 1.39. The number of benzene rings is 1. The second-order valence-corrected chi connectivity index (χ2v) is 7.21. The number of carboxylic acid groups (broad SMARTS) is 1. The first-order chi connectivity index (χ1) is 10.3. The molecule has 0 spiro atoms. The number of hydrogen-bond acceptors (Lipinski definition) is 5. The lowest BCUT2D eigenvalue weighted by atomic mass is 9.98. The van der Waals surface area contributed by atoms with Crippen molar-refractivity contribution >= 4 is 17.3 Å². The van der Waals surface area contributed by atoms with Crippen molar-refractivity contribution in [2.24, 2.45) is 0 Å². The van der Waals surface area contributed by atoms with E-state index in [1.54, 1.807) is 0 Å². The summed E-state index contributed by atoms with van der Waals surface area (Å²) in [6, 6.07) is 5.63. The third kappa shape index (κ3) is 2.78. The van der Waals surface area contributed by atoms with Gasteiger partial charge in [0, 0.05) is 11.8 Å². The third-order valence-electron chi connectivity index (χ3n) is 3.34. The molecule has 5 nitrogen and oxygen atoms in total. The number of aromatic nitrogens is 1. The summed E-state index contributed by atoms with van der Waals surface area (Å²) in [5, 5.41) is 10.2. The zero-order chi connectivity index (χ0) is 15.9. The van der Waals surface area contributed by atoms with Crippen LogP contribution in [0.4, 0.5) is 0 Å². The summed E-state index contributed by atoms with van der Waals surface area (Å²) in [6.07, 6.45) is 0.463. The van der Waals surface area contributed by atoms with Crippen molar-refractivity contribution in [1.82, 2.24) is 4.98 Å². The molecule has 22 heavy (non-hydrogen) atoms. The van der Waals surface area contributed by atoms with Crippen molar-refractivity contribution in [2.45, 2.75) is 32.6 Å². The van der Waals surface area contributed by atoms with Crippen LogP contribution in [-0.4, -0.2) is 22.9 Å². The molecule has 116 valence electrons. The Balaban J connectivity index is 1.94. The molecule has 0 radical (unpaired) electrons. The highest BCUT2D eigenvalue weighted by molar-refractivity contribution is 7.13. The molecule has 3 rings (SSSR count). The van der Waals surface area contributed by atoms with Crippen molar-refractivity contribution < 1.29 is 19.4 Å². The zero-order valence-corrected chi connectivity index (χ0v) is 13.5. The quantitative estimate of drug-likeness (QED) is 0.938. The number of fused-ring (bicyclic) bond motifs is 1. The van der Waals surface area contributed by atoms with Crippen LogP contribution in [0.3, 0.4) is 0 Å². The second kappa shape index (κ2) is 5.28. The summed E-state index contributed by atoms with van der Waals surface area (Å²) in [5.74, 6) is 0.486. The Morgan fingerprint density at radius 3 is 2.73 bits per heavy atom. The highest BCUT2D eigenvalue weighted by Crippen LogP contribution is 2.34. The molecule has 0 bridgehead atoms. The minimum absolute atomic E-state index is 0.165. The molecule has 1 aliphatic rings. The second-order valence-electron chi connectivity index (χ2n) is 6.21. The van der Waals surface area contributed by atoms with Crippen molar-refractivity contribution in [3.8, 4) is 11.5 Å². The molecule has 6 heteroatoms. The molecular weight excluding hydrogens is 302 g/mol. The van der Waals surface area contributed by atoms with E-state index in [0.29, 0.717) is 22.7 Å².